The van der Waals surface area contributed by atoms with E-state index in [1.54, 1.807) is 0 Å². The second-order valence-corrected chi connectivity index (χ2v) is 10.1. The number of carbonyl (C=O) groups is 4. The average molecular weight is 502 g/mol. The largest absolute Gasteiger partial charge is 0.480 e. The van der Waals surface area contributed by atoms with E-state index in [9.17, 15) is 19.2 Å². The third-order valence-corrected chi connectivity index (χ3v) is 5.86. The van der Waals surface area contributed by atoms with Gasteiger partial charge in [-0.1, -0.05) is 45.9 Å². The molecule has 0 saturated heterocycles. The van der Waals surface area contributed by atoms with Crippen molar-refractivity contribution < 1.29 is 24.3 Å². The highest BCUT2D eigenvalue weighted by atomic mass is 16.4. The van der Waals surface area contributed by atoms with Crippen molar-refractivity contribution >= 4 is 34.6 Å². The molecule has 2 aromatic rings. The Morgan fingerprint density at radius 1 is 0.861 bits per heavy atom. The van der Waals surface area contributed by atoms with Crippen LogP contribution in [0.5, 0.6) is 0 Å². The van der Waals surface area contributed by atoms with Gasteiger partial charge in [0, 0.05) is 17.1 Å². The van der Waals surface area contributed by atoms with Crippen LogP contribution in [0, 0.1) is 11.8 Å². The molecule has 0 aliphatic rings. The number of hydrogen-bond donors (Lipinski definition) is 6. The van der Waals surface area contributed by atoms with Crippen molar-refractivity contribution in [3.8, 4) is 0 Å². The van der Waals surface area contributed by atoms with Crippen molar-refractivity contribution in [2.75, 3.05) is 0 Å². The smallest absolute Gasteiger partial charge is 0.325 e. The highest BCUT2D eigenvalue weighted by Crippen LogP contribution is 2.19. The molecular weight excluding hydrogens is 462 g/mol. The summed E-state index contributed by atoms with van der Waals surface area (Å²) in [5.41, 5.74) is 8.05. The van der Waals surface area contributed by atoms with Gasteiger partial charge >= 0.3 is 5.97 Å². The number of aromatic amines is 1. The van der Waals surface area contributed by atoms with Gasteiger partial charge in [0.15, 0.2) is 0 Å². The number of nitrogens with two attached hydrogens (primary N) is 1. The Morgan fingerprint density at radius 3 is 1.94 bits per heavy atom. The molecule has 0 aliphatic heterocycles. The van der Waals surface area contributed by atoms with Crippen LogP contribution in [-0.4, -0.2) is 57.9 Å². The van der Waals surface area contributed by atoms with E-state index < -0.39 is 47.9 Å². The minimum Gasteiger partial charge on any atom is -0.480 e. The Bertz CT molecular complexity index is 1060. The van der Waals surface area contributed by atoms with Gasteiger partial charge in [-0.25, -0.2) is 0 Å². The van der Waals surface area contributed by atoms with Gasteiger partial charge in [0.05, 0.1) is 6.04 Å². The molecule has 0 saturated carbocycles. The molecule has 10 heteroatoms. The van der Waals surface area contributed by atoms with Crippen molar-refractivity contribution in [1.29, 1.82) is 0 Å². The van der Waals surface area contributed by atoms with Crippen LogP contribution in [0.3, 0.4) is 0 Å². The highest BCUT2D eigenvalue weighted by Gasteiger charge is 2.30. The summed E-state index contributed by atoms with van der Waals surface area (Å²) in [6.07, 6.45) is 2.77. The number of carboxylic acid groups (broad SMARTS) is 1. The molecule has 1 heterocycles. The van der Waals surface area contributed by atoms with Crippen molar-refractivity contribution in [2.24, 2.45) is 17.6 Å². The maximum atomic E-state index is 13.2. The summed E-state index contributed by atoms with van der Waals surface area (Å²) in [5, 5.41) is 17.9. The van der Waals surface area contributed by atoms with E-state index in [0.717, 1.165) is 16.5 Å². The van der Waals surface area contributed by atoms with Gasteiger partial charge in [0.25, 0.3) is 0 Å². The summed E-state index contributed by atoms with van der Waals surface area (Å²) in [6, 6.07) is 3.90. The van der Waals surface area contributed by atoms with E-state index in [1.807, 2.05) is 58.2 Å². The van der Waals surface area contributed by atoms with Crippen LogP contribution >= 0.6 is 0 Å². The third-order valence-electron chi connectivity index (χ3n) is 5.86. The highest BCUT2D eigenvalue weighted by molar-refractivity contribution is 5.94. The number of rotatable bonds is 13. The monoisotopic (exact) mass is 501 g/mol. The molecule has 198 valence electrons. The normalized spacial score (nSPS) is 14.8. The predicted molar refractivity (Wildman–Crippen MR) is 138 cm³/mol. The number of nitrogens with one attached hydrogen (secondary N) is 4. The molecule has 1 aromatic heterocycles. The molecule has 10 nitrogen and oxygen atoms in total. The predicted octanol–water partition coefficient (Wildman–Crippen LogP) is 1.69. The number of para-hydroxylation sites is 1. The Kier molecular flexibility index (Phi) is 10.5. The maximum absolute atomic E-state index is 13.2. The van der Waals surface area contributed by atoms with Crippen molar-refractivity contribution in [3.63, 3.8) is 0 Å². The third kappa shape index (κ3) is 8.37. The number of fused-ring (bicyclic) bond motifs is 1. The second kappa shape index (κ2) is 13.1. The van der Waals surface area contributed by atoms with Crippen molar-refractivity contribution in [3.05, 3.63) is 36.0 Å². The van der Waals surface area contributed by atoms with Crippen LogP contribution in [0.4, 0.5) is 0 Å². The first-order chi connectivity index (χ1) is 16.9. The number of amides is 3. The molecule has 0 radical (unpaired) electrons. The number of carbonyl (C=O) groups excluding carboxylic acids is 3. The fraction of sp³-hybridized carbons (Fsp3) is 0.538. The zero-order valence-electron chi connectivity index (χ0n) is 21.6. The lowest BCUT2D eigenvalue weighted by atomic mass is 9.99. The molecule has 7 N–H and O–H groups in total. The Labute approximate surface area is 211 Å². The summed E-state index contributed by atoms with van der Waals surface area (Å²) in [6.45, 7) is 8.98. The first kappa shape index (κ1) is 28.8. The summed E-state index contributed by atoms with van der Waals surface area (Å²) in [5.74, 6) is -2.60. The maximum Gasteiger partial charge on any atom is 0.325 e. The number of aromatic nitrogens is 1. The fourth-order valence-corrected chi connectivity index (χ4v) is 3.96. The van der Waals surface area contributed by atoms with Gasteiger partial charge in [-0.05, 0) is 49.7 Å². The summed E-state index contributed by atoms with van der Waals surface area (Å²) >= 11 is 0. The summed E-state index contributed by atoms with van der Waals surface area (Å²) < 4.78 is 0. The van der Waals surface area contributed by atoms with Gasteiger partial charge in [0.2, 0.25) is 17.7 Å². The first-order valence-electron chi connectivity index (χ1n) is 12.3. The molecule has 36 heavy (non-hydrogen) atoms. The van der Waals surface area contributed by atoms with Crippen molar-refractivity contribution in [2.45, 2.75) is 78.0 Å². The van der Waals surface area contributed by atoms with E-state index in [0.29, 0.717) is 12.8 Å². The Hall–Kier alpha value is -3.40. The number of benzene rings is 1. The molecule has 1 aromatic carbocycles. The molecule has 2 rings (SSSR count). The van der Waals surface area contributed by atoms with Gasteiger partial charge in [0.1, 0.15) is 18.1 Å². The SMILES string of the molecule is CC(C)C[C@H](NC(=O)[C@H](CC(C)C)NC(=O)[C@@H](N)Cc1c[nH]c2ccccc12)C(=O)N[C@@H](C)C(=O)O. The Morgan fingerprint density at radius 2 is 1.39 bits per heavy atom. The van der Waals surface area contributed by atoms with Crippen LogP contribution in [0.15, 0.2) is 30.5 Å². The van der Waals surface area contributed by atoms with Crippen molar-refractivity contribution in [1.82, 2.24) is 20.9 Å². The summed E-state index contributed by atoms with van der Waals surface area (Å²) in [4.78, 5) is 53.1. The number of hydrogen-bond acceptors (Lipinski definition) is 5. The molecule has 0 bridgehead atoms. The van der Waals surface area contributed by atoms with Crippen LogP contribution in [0.25, 0.3) is 10.9 Å². The van der Waals surface area contributed by atoms with E-state index in [2.05, 4.69) is 20.9 Å². The van der Waals surface area contributed by atoms with Gasteiger partial charge < -0.3 is 31.8 Å². The molecule has 0 fully saturated rings. The van der Waals surface area contributed by atoms with Crippen LogP contribution in [0.1, 0.15) is 53.0 Å². The van der Waals surface area contributed by atoms with E-state index in [4.69, 9.17) is 10.8 Å². The van der Waals surface area contributed by atoms with E-state index in [-0.39, 0.29) is 18.3 Å². The minimum atomic E-state index is -1.17. The zero-order valence-corrected chi connectivity index (χ0v) is 21.6. The molecule has 0 aliphatic carbocycles. The lowest BCUT2D eigenvalue weighted by molar-refractivity contribution is -0.142. The van der Waals surface area contributed by atoms with E-state index >= 15 is 0 Å². The van der Waals surface area contributed by atoms with Gasteiger partial charge in [-0.2, -0.15) is 0 Å². The van der Waals surface area contributed by atoms with E-state index in [1.165, 1.54) is 6.92 Å². The lowest BCUT2D eigenvalue weighted by Gasteiger charge is -2.26. The molecule has 0 spiro atoms. The average Bonchev–Trinajstić information content (AvgIpc) is 3.20. The van der Waals surface area contributed by atoms with Gasteiger partial charge in [-0.3, -0.25) is 19.2 Å². The van der Waals surface area contributed by atoms with Crippen LogP contribution in [0.2, 0.25) is 0 Å². The van der Waals surface area contributed by atoms with Gasteiger partial charge in [-0.15, -0.1) is 0 Å². The van der Waals surface area contributed by atoms with Crippen LogP contribution in [-0.2, 0) is 25.6 Å². The molecule has 3 amide bonds. The lowest BCUT2D eigenvalue weighted by Crippen LogP contribution is -2.57. The fourth-order valence-electron chi connectivity index (χ4n) is 3.96. The number of carboxylic acids is 1. The standard InChI is InChI=1S/C26H39N5O5/c1-14(2)10-21(24(33)29-16(5)26(35)36)31-25(34)22(11-15(3)4)30-23(32)19(27)12-17-13-28-20-9-7-6-8-18(17)20/h6-9,13-16,19,21-22,28H,10-12,27H2,1-5H3,(H,29,33)(H,30,32)(H,31,34)(H,35,36)/t16-,19-,21-,22-/m0/s1. The number of H-pyrrole nitrogens is 1. The Balaban J connectivity index is 2.11. The topological polar surface area (TPSA) is 166 Å². The molecular formula is C26H39N5O5. The quantitative estimate of drug-likeness (QED) is 0.244. The molecule has 4 atom stereocenters. The molecule has 0 unspecified atom stereocenters. The first-order valence-corrected chi connectivity index (χ1v) is 12.3. The minimum absolute atomic E-state index is 0.0592. The summed E-state index contributed by atoms with van der Waals surface area (Å²) in [7, 11) is 0. The number of aliphatic carboxylic acids is 1. The van der Waals surface area contributed by atoms with Crippen LogP contribution < -0.4 is 21.7 Å². The zero-order chi connectivity index (χ0) is 27.0. The second-order valence-electron chi connectivity index (χ2n) is 10.1.